The summed E-state index contributed by atoms with van der Waals surface area (Å²) in [5.74, 6) is -0.156. The van der Waals surface area contributed by atoms with E-state index in [0.717, 1.165) is 22.4 Å². The molecule has 0 aromatic heterocycles. The smallest absolute Gasteiger partial charge is 0.336 e. The highest BCUT2D eigenvalue weighted by molar-refractivity contribution is 6.30. The zero-order valence-electron chi connectivity index (χ0n) is 23.1. The van der Waals surface area contributed by atoms with Gasteiger partial charge in [0, 0.05) is 34.0 Å². The lowest BCUT2D eigenvalue weighted by atomic mass is 9.71. The van der Waals surface area contributed by atoms with Crippen LogP contribution in [0.4, 0.5) is 0 Å². The Balaban J connectivity index is 1.56. The van der Waals surface area contributed by atoms with Crippen LogP contribution in [-0.4, -0.2) is 18.4 Å². The summed E-state index contributed by atoms with van der Waals surface area (Å²) in [6, 6.07) is 25.3. The maximum absolute atomic E-state index is 14.0. The number of nitrogens with one attached hydrogen (secondary N) is 1. The lowest BCUT2D eigenvalue weighted by molar-refractivity contribution is -0.140. The first kappa shape index (κ1) is 27.7. The van der Waals surface area contributed by atoms with E-state index in [2.05, 4.69) is 5.32 Å². The molecule has 0 spiro atoms. The molecule has 5 rings (SSSR count). The third-order valence-corrected chi connectivity index (χ3v) is 7.66. The SMILES string of the molecule is CC1=C(C(=O)OCC(C)C)[C@H](c2ccccc2OCc2ccccc2)C2=C(C[C@@H](c3ccc(Cl)cc3)CC2=O)N1. The van der Waals surface area contributed by atoms with E-state index in [4.69, 9.17) is 21.1 Å². The van der Waals surface area contributed by atoms with Crippen molar-refractivity contribution in [2.75, 3.05) is 6.61 Å². The Hall–Kier alpha value is -3.83. The summed E-state index contributed by atoms with van der Waals surface area (Å²) < 4.78 is 12.0. The van der Waals surface area contributed by atoms with Crippen molar-refractivity contribution < 1.29 is 19.1 Å². The van der Waals surface area contributed by atoms with Gasteiger partial charge in [0.15, 0.2) is 5.78 Å². The zero-order valence-corrected chi connectivity index (χ0v) is 23.8. The molecule has 1 aliphatic carbocycles. The van der Waals surface area contributed by atoms with Gasteiger partial charge in [0.25, 0.3) is 0 Å². The maximum atomic E-state index is 14.0. The second-order valence-electron chi connectivity index (χ2n) is 10.9. The van der Waals surface area contributed by atoms with Crippen LogP contribution in [0.2, 0.25) is 5.02 Å². The highest BCUT2D eigenvalue weighted by atomic mass is 35.5. The first-order valence-corrected chi connectivity index (χ1v) is 14.1. The Morgan fingerprint density at radius 3 is 2.40 bits per heavy atom. The summed E-state index contributed by atoms with van der Waals surface area (Å²) >= 11 is 6.12. The van der Waals surface area contributed by atoms with Crippen molar-refractivity contribution in [3.05, 3.63) is 123 Å². The van der Waals surface area contributed by atoms with E-state index in [9.17, 15) is 9.59 Å². The van der Waals surface area contributed by atoms with Gasteiger partial charge in [0.05, 0.1) is 18.1 Å². The first-order valence-electron chi connectivity index (χ1n) is 13.7. The average molecular weight is 556 g/mol. The molecule has 2 aliphatic rings. The van der Waals surface area contributed by atoms with E-state index < -0.39 is 11.9 Å². The van der Waals surface area contributed by atoms with E-state index in [-0.39, 0.29) is 17.6 Å². The Kier molecular flexibility index (Phi) is 8.41. The van der Waals surface area contributed by atoms with Crippen molar-refractivity contribution in [2.24, 2.45) is 5.92 Å². The Morgan fingerprint density at radius 2 is 1.68 bits per heavy atom. The third kappa shape index (κ3) is 6.00. The van der Waals surface area contributed by atoms with Gasteiger partial charge in [0.1, 0.15) is 12.4 Å². The molecule has 3 aromatic carbocycles. The van der Waals surface area contributed by atoms with Gasteiger partial charge in [-0.1, -0.05) is 86.1 Å². The van der Waals surface area contributed by atoms with Crippen LogP contribution in [0, 0.1) is 5.92 Å². The van der Waals surface area contributed by atoms with Gasteiger partial charge in [0.2, 0.25) is 0 Å². The average Bonchev–Trinajstić information content (AvgIpc) is 2.95. The molecule has 2 atom stereocenters. The van der Waals surface area contributed by atoms with E-state index in [1.807, 2.05) is 99.6 Å². The van der Waals surface area contributed by atoms with Crippen LogP contribution < -0.4 is 10.1 Å². The highest BCUT2D eigenvalue weighted by Crippen LogP contribution is 2.47. The number of benzene rings is 3. The quantitative estimate of drug-likeness (QED) is 0.292. The van der Waals surface area contributed by atoms with E-state index in [1.54, 1.807) is 0 Å². The van der Waals surface area contributed by atoms with Gasteiger partial charge >= 0.3 is 5.97 Å². The third-order valence-electron chi connectivity index (χ3n) is 7.40. The van der Waals surface area contributed by atoms with Crippen molar-refractivity contribution in [2.45, 2.75) is 52.1 Å². The topological polar surface area (TPSA) is 64.6 Å². The molecule has 0 amide bonds. The molecule has 206 valence electrons. The number of dihydropyridines is 1. The summed E-state index contributed by atoms with van der Waals surface area (Å²) in [6.45, 7) is 6.55. The van der Waals surface area contributed by atoms with E-state index in [1.165, 1.54) is 0 Å². The van der Waals surface area contributed by atoms with Crippen LogP contribution in [0.5, 0.6) is 5.75 Å². The number of para-hydroxylation sites is 1. The Morgan fingerprint density at radius 1 is 0.975 bits per heavy atom. The second-order valence-corrected chi connectivity index (χ2v) is 11.3. The standard InChI is InChI=1S/C34H34ClNO4/c1-21(2)19-40-34(38)31-22(3)36-28-17-25(24-13-15-26(35)16-14-24)18-29(37)33(28)32(31)27-11-7-8-12-30(27)39-20-23-9-5-4-6-10-23/h4-16,21,25,32,36H,17-20H2,1-3H3/t25-,32+/m1/s1. The number of carbonyl (C=O) groups is 2. The molecule has 0 bridgehead atoms. The molecule has 1 heterocycles. The van der Waals surface area contributed by atoms with Crippen LogP contribution in [0.25, 0.3) is 0 Å². The number of allylic oxidation sites excluding steroid dienone is 3. The summed E-state index contributed by atoms with van der Waals surface area (Å²) in [7, 11) is 0. The molecule has 40 heavy (non-hydrogen) atoms. The number of halogens is 1. The van der Waals surface area contributed by atoms with Crippen LogP contribution in [0.3, 0.4) is 0 Å². The van der Waals surface area contributed by atoms with E-state index >= 15 is 0 Å². The Labute approximate surface area is 240 Å². The minimum absolute atomic E-state index is 0.0122. The van der Waals surface area contributed by atoms with E-state index in [0.29, 0.717) is 53.7 Å². The fraction of sp³-hybridized carbons (Fsp3) is 0.294. The monoisotopic (exact) mass is 555 g/mol. The maximum Gasteiger partial charge on any atom is 0.336 e. The summed E-state index contributed by atoms with van der Waals surface area (Å²) in [5.41, 5.74) is 5.48. The lowest BCUT2D eigenvalue weighted by Crippen LogP contribution is -2.36. The number of carbonyl (C=O) groups excluding carboxylic acids is 2. The molecule has 6 heteroatoms. The fourth-order valence-corrected chi connectivity index (χ4v) is 5.62. The number of rotatable bonds is 8. The number of hydrogen-bond donors (Lipinski definition) is 1. The molecule has 0 radical (unpaired) electrons. The fourth-order valence-electron chi connectivity index (χ4n) is 5.50. The molecule has 5 nitrogen and oxygen atoms in total. The number of hydrogen-bond acceptors (Lipinski definition) is 5. The van der Waals surface area contributed by atoms with Crippen molar-refractivity contribution in [1.82, 2.24) is 5.32 Å². The van der Waals surface area contributed by atoms with Crippen LogP contribution >= 0.6 is 11.6 Å². The van der Waals surface area contributed by atoms with Gasteiger partial charge in [-0.2, -0.15) is 0 Å². The normalized spacial score (nSPS) is 18.9. The van der Waals surface area contributed by atoms with Gasteiger partial charge in [-0.25, -0.2) is 4.79 Å². The molecule has 0 saturated carbocycles. The molecule has 0 unspecified atom stereocenters. The van der Waals surface area contributed by atoms with Crippen LogP contribution in [0.15, 0.2) is 101 Å². The van der Waals surface area contributed by atoms with Crippen LogP contribution in [-0.2, 0) is 20.9 Å². The van der Waals surface area contributed by atoms with Gasteiger partial charge in [-0.15, -0.1) is 0 Å². The molecule has 1 aliphatic heterocycles. The summed E-state index contributed by atoms with van der Waals surface area (Å²) in [6.07, 6.45) is 0.997. The number of esters is 1. The molecule has 0 saturated heterocycles. The van der Waals surface area contributed by atoms with Gasteiger partial charge in [-0.05, 0) is 54.5 Å². The van der Waals surface area contributed by atoms with Crippen molar-refractivity contribution in [3.8, 4) is 5.75 Å². The zero-order chi connectivity index (χ0) is 28.2. The minimum Gasteiger partial charge on any atom is -0.489 e. The first-order chi connectivity index (χ1) is 19.3. The number of Topliss-reactive ketones (excluding diaryl/α,β-unsaturated/α-hetero) is 1. The molecule has 1 N–H and O–H groups in total. The lowest BCUT2D eigenvalue weighted by Gasteiger charge is -2.37. The molecule has 3 aromatic rings. The summed E-state index contributed by atoms with van der Waals surface area (Å²) in [4.78, 5) is 27.5. The highest BCUT2D eigenvalue weighted by Gasteiger charge is 2.42. The molecular formula is C34H34ClNO4. The largest absolute Gasteiger partial charge is 0.489 e. The number of ether oxygens (including phenoxy) is 2. The predicted octanol–water partition coefficient (Wildman–Crippen LogP) is 7.48. The van der Waals surface area contributed by atoms with Gasteiger partial charge < -0.3 is 14.8 Å². The number of ketones is 1. The summed E-state index contributed by atoms with van der Waals surface area (Å²) in [5, 5.41) is 4.09. The Bertz CT molecular complexity index is 1460. The van der Waals surface area contributed by atoms with Gasteiger partial charge in [-0.3, -0.25) is 4.79 Å². The predicted molar refractivity (Wildman–Crippen MR) is 157 cm³/mol. The van der Waals surface area contributed by atoms with Crippen molar-refractivity contribution >= 4 is 23.4 Å². The molecular weight excluding hydrogens is 522 g/mol. The molecule has 0 fully saturated rings. The van der Waals surface area contributed by atoms with Crippen LogP contribution in [0.1, 0.15) is 62.1 Å². The van der Waals surface area contributed by atoms with Crippen molar-refractivity contribution in [3.63, 3.8) is 0 Å². The minimum atomic E-state index is -0.596. The second kappa shape index (κ2) is 12.1. The van der Waals surface area contributed by atoms with Crippen molar-refractivity contribution in [1.29, 1.82) is 0 Å².